The highest BCUT2D eigenvalue weighted by atomic mass is 16.6. The van der Waals surface area contributed by atoms with Gasteiger partial charge < -0.3 is 24.6 Å². The van der Waals surface area contributed by atoms with Crippen LogP contribution in [0, 0.1) is 10.1 Å². The number of hydrogen-bond donors (Lipinski definition) is 2. The summed E-state index contributed by atoms with van der Waals surface area (Å²) < 4.78 is 10.7. The Balaban J connectivity index is 2.07. The second-order valence-corrected chi connectivity index (χ2v) is 8.11. The Morgan fingerprint density at radius 1 is 1.03 bits per heavy atom. The number of carbonyl (C=O) groups is 3. The third-order valence-corrected chi connectivity index (χ3v) is 5.92. The molecule has 2 N–H and O–H groups in total. The predicted molar refractivity (Wildman–Crippen MR) is 128 cm³/mol. The van der Waals surface area contributed by atoms with E-state index in [1.54, 1.807) is 18.2 Å². The summed E-state index contributed by atoms with van der Waals surface area (Å²) in [6, 6.07) is 8.84. The van der Waals surface area contributed by atoms with Crippen LogP contribution in [-0.2, 0) is 14.4 Å². The Kier molecular flexibility index (Phi) is 8.26. The zero-order valence-corrected chi connectivity index (χ0v) is 19.8. The number of carbonyl (C=O) groups excluding carboxylic acids is 2. The number of benzene rings is 2. The van der Waals surface area contributed by atoms with Crippen molar-refractivity contribution in [1.29, 1.82) is 0 Å². The quantitative estimate of drug-likeness (QED) is 0.118. The lowest BCUT2D eigenvalue weighted by Gasteiger charge is -2.27. The van der Waals surface area contributed by atoms with Gasteiger partial charge in [0.25, 0.3) is 17.4 Å². The van der Waals surface area contributed by atoms with Gasteiger partial charge in [-0.05, 0) is 37.1 Å². The number of aliphatic hydroxyl groups is 1. The number of non-ortho nitro benzene ring substituents is 1. The number of carboxylic acids is 1. The molecular weight excluding hydrogens is 472 g/mol. The van der Waals surface area contributed by atoms with Crippen LogP contribution in [0.4, 0.5) is 5.69 Å². The van der Waals surface area contributed by atoms with Crippen LogP contribution in [0.3, 0.4) is 0 Å². The molecule has 1 fully saturated rings. The number of methoxy groups -OCH3 is 2. The van der Waals surface area contributed by atoms with Crippen LogP contribution >= 0.6 is 0 Å². The van der Waals surface area contributed by atoms with E-state index in [0.29, 0.717) is 36.3 Å². The normalized spacial score (nSPS) is 16.7. The van der Waals surface area contributed by atoms with Crippen molar-refractivity contribution in [1.82, 2.24) is 4.90 Å². The maximum Gasteiger partial charge on any atom is 0.303 e. The van der Waals surface area contributed by atoms with E-state index < -0.39 is 34.4 Å². The van der Waals surface area contributed by atoms with Crippen molar-refractivity contribution in [3.8, 4) is 11.5 Å². The van der Waals surface area contributed by atoms with Gasteiger partial charge in [-0.1, -0.05) is 6.42 Å². The smallest absolute Gasteiger partial charge is 0.303 e. The number of likely N-dealkylation sites (tertiary alicyclic amines) is 1. The SMILES string of the molecule is COc1ccc(C2/C(=C(/O)c3ccc([N+](=O)[O-])cc3)C(=O)C(=O)N2CCCCCC(=O)O)c(OC)c1. The van der Waals surface area contributed by atoms with Gasteiger partial charge >= 0.3 is 5.97 Å². The Labute approximate surface area is 206 Å². The van der Waals surface area contributed by atoms with Crippen molar-refractivity contribution >= 4 is 29.1 Å². The second-order valence-electron chi connectivity index (χ2n) is 8.11. The number of hydrogen-bond acceptors (Lipinski definition) is 8. The van der Waals surface area contributed by atoms with Crippen molar-refractivity contribution in [3.05, 3.63) is 69.3 Å². The lowest BCUT2D eigenvalue weighted by molar-refractivity contribution is -0.384. The zero-order chi connectivity index (χ0) is 26.4. The number of nitro groups is 1. The standard InChI is InChI=1S/C25H26N2O9/c1-35-17-11-12-18(19(14-17)36-2)22-21(23(30)15-7-9-16(10-8-15)27(33)34)24(31)25(32)26(22)13-5-3-4-6-20(28)29/h7-12,14,22,30H,3-6,13H2,1-2H3,(H,28,29)/b23-21-. The molecule has 36 heavy (non-hydrogen) atoms. The van der Waals surface area contributed by atoms with Crippen LogP contribution < -0.4 is 9.47 Å². The summed E-state index contributed by atoms with van der Waals surface area (Å²) in [7, 11) is 2.90. The number of ether oxygens (including phenoxy) is 2. The van der Waals surface area contributed by atoms with Crippen LogP contribution in [-0.4, -0.2) is 58.5 Å². The fraction of sp³-hybridized carbons (Fsp3) is 0.320. The van der Waals surface area contributed by atoms with Crippen molar-refractivity contribution in [2.24, 2.45) is 0 Å². The van der Waals surface area contributed by atoms with Crippen molar-refractivity contribution in [3.63, 3.8) is 0 Å². The van der Waals surface area contributed by atoms with Crippen LogP contribution in [0.15, 0.2) is 48.0 Å². The topological polar surface area (TPSA) is 157 Å². The number of ketones is 1. The Morgan fingerprint density at radius 3 is 2.31 bits per heavy atom. The van der Waals surface area contributed by atoms with E-state index in [0.717, 1.165) is 0 Å². The molecule has 0 aliphatic carbocycles. The average molecular weight is 498 g/mol. The average Bonchev–Trinajstić information content (AvgIpc) is 3.12. The molecule has 0 bridgehead atoms. The number of Topliss-reactive ketones (excluding diaryl/α,β-unsaturated/α-hetero) is 1. The highest BCUT2D eigenvalue weighted by molar-refractivity contribution is 6.46. The van der Waals surface area contributed by atoms with Crippen LogP contribution in [0.1, 0.15) is 42.9 Å². The Hall–Kier alpha value is -4.41. The van der Waals surface area contributed by atoms with E-state index >= 15 is 0 Å². The maximum atomic E-state index is 13.1. The molecule has 0 spiro atoms. The van der Waals surface area contributed by atoms with Gasteiger partial charge in [0, 0.05) is 42.3 Å². The molecule has 190 valence electrons. The molecule has 1 amide bonds. The van der Waals surface area contributed by atoms with Gasteiger partial charge in [-0.3, -0.25) is 24.5 Å². The first-order valence-electron chi connectivity index (χ1n) is 11.2. The van der Waals surface area contributed by atoms with Gasteiger partial charge in [0.1, 0.15) is 17.3 Å². The number of aliphatic hydroxyl groups excluding tert-OH is 1. The minimum atomic E-state index is -1.000. The lowest BCUT2D eigenvalue weighted by Crippen LogP contribution is -2.31. The van der Waals surface area contributed by atoms with Gasteiger partial charge in [0.15, 0.2) is 0 Å². The number of aliphatic carboxylic acids is 1. The van der Waals surface area contributed by atoms with Crippen molar-refractivity contribution < 1.29 is 39.0 Å². The number of amides is 1. The lowest BCUT2D eigenvalue weighted by atomic mass is 9.94. The molecule has 3 rings (SSSR count). The number of nitro benzene ring substituents is 1. The first kappa shape index (κ1) is 26.2. The molecule has 1 unspecified atom stereocenters. The van der Waals surface area contributed by atoms with Crippen LogP contribution in [0.25, 0.3) is 5.76 Å². The van der Waals surface area contributed by atoms with Crippen LogP contribution in [0.5, 0.6) is 11.5 Å². The van der Waals surface area contributed by atoms with E-state index in [1.165, 1.54) is 43.4 Å². The summed E-state index contributed by atoms with van der Waals surface area (Å²) in [5.41, 5.74) is 0.202. The van der Waals surface area contributed by atoms with Crippen molar-refractivity contribution in [2.45, 2.75) is 31.7 Å². The summed E-state index contributed by atoms with van der Waals surface area (Å²) in [6.45, 7) is 0.140. The molecule has 0 saturated carbocycles. The van der Waals surface area contributed by atoms with Crippen LogP contribution in [0.2, 0.25) is 0 Å². The van der Waals surface area contributed by atoms with E-state index in [9.17, 15) is 29.6 Å². The molecule has 11 nitrogen and oxygen atoms in total. The highest BCUT2D eigenvalue weighted by Crippen LogP contribution is 2.43. The molecule has 0 radical (unpaired) electrons. The number of unbranched alkanes of at least 4 members (excludes halogenated alkanes) is 2. The van der Waals surface area contributed by atoms with Gasteiger partial charge in [-0.25, -0.2) is 0 Å². The molecule has 11 heteroatoms. The molecule has 1 heterocycles. The molecular formula is C25H26N2O9. The fourth-order valence-electron chi connectivity index (χ4n) is 4.11. The largest absolute Gasteiger partial charge is 0.507 e. The number of rotatable bonds is 11. The maximum absolute atomic E-state index is 13.1. The summed E-state index contributed by atoms with van der Waals surface area (Å²) in [4.78, 5) is 48.7. The molecule has 2 aromatic rings. The Morgan fingerprint density at radius 2 is 1.72 bits per heavy atom. The first-order chi connectivity index (χ1) is 17.2. The van der Waals surface area contributed by atoms with E-state index in [-0.39, 0.29) is 29.8 Å². The summed E-state index contributed by atoms with van der Waals surface area (Å²) in [5, 5.41) is 30.9. The number of carboxylic acid groups (broad SMARTS) is 1. The molecule has 2 aromatic carbocycles. The minimum Gasteiger partial charge on any atom is -0.507 e. The second kappa shape index (κ2) is 11.3. The van der Waals surface area contributed by atoms with E-state index in [1.807, 2.05) is 0 Å². The van der Waals surface area contributed by atoms with E-state index in [4.69, 9.17) is 14.6 Å². The first-order valence-corrected chi connectivity index (χ1v) is 11.2. The third-order valence-electron chi connectivity index (χ3n) is 5.92. The molecule has 0 aromatic heterocycles. The third kappa shape index (κ3) is 5.45. The van der Waals surface area contributed by atoms with Crippen molar-refractivity contribution in [2.75, 3.05) is 20.8 Å². The van der Waals surface area contributed by atoms with Gasteiger partial charge in [0.2, 0.25) is 0 Å². The monoisotopic (exact) mass is 498 g/mol. The fourth-order valence-corrected chi connectivity index (χ4v) is 4.11. The predicted octanol–water partition coefficient (Wildman–Crippen LogP) is 3.68. The van der Waals surface area contributed by atoms with Gasteiger partial charge in [-0.15, -0.1) is 0 Å². The van der Waals surface area contributed by atoms with Gasteiger partial charge in [0.05, 0.1) is 30.8 Å². The Bertz CT molecular complexity index is 1200. The minimum absolute atomic E-state index is 0.00526. The molecule has 1 saturated heterocycles. The zero-order valence-electron chi connectivity index (χ0n) is 19.8. The molecule has 1 aliphatic rings. The van der Waals surface area contributed by atoms with E-state index in [2.05, 4.69) is 0 Å². The van der Waals surface area contributed by atoms with Gasteiger partial charge in [-0.2, -0.15) is 0 Å². The summed E-state index contributed by atoms with van der Waals surface area (Å²) in [6.07, 6.45) is 1.37. The summed E-state index contributed by atoms with van der Waals surface area (Å²) in [5.74, 6) is -2.30. The highest BCUT2D eigenvalue weighted by Gasteiger charge is 2.46. The molecule has 1 aliphatic heterocycles. The number of nitrogens with zero attached hydrogens (tertiary/aromatic N) is 2. The summed E-state index contributed by atoms with van der Waals surface area (Å²) >= 11 is 0. The molecule has 1 atom stereocenters.